The number of hydrogen-bond donors (Lipinski definition) is 2. The van der Waals surface area contributed by atoms with E-state index in [4.69, 9.17) is 21.6 Å². The molecule has 0 spiro atoms. The van der Waals surface area contributed by atoms with Crippen molar-refractivity contribution in [3.05, 3.63) is 58.8 Å². The van der Waals surface area contributed by atoms with E-state index in [9.17, 15) is 9.90 Å². The molecule has 198 valence electrons. The van der Waals surface area contributed by atoms with Gasteiger partial charge >= 0.3 is 0 Å². The van der Waals surface area contributed by atoms with Gasteiger partial charge in [0.25, 0.3) is 0 Å². The van der Waals surface area contributed by atoms with Gasteiger partial charge in [-0.05, 0) is 38.1 Å². The summed E-state index contributed by atoms with van der Waals surface area (Å²) in [5.41, 5.74) is 2.54. The minimum absolute atomic E-state index is 0.0973. The van der Waals surface area contributed by atoms with Crippen LogP contribution in [0.2, 0.25) is 30.7 Å². The topological polar surface area (TPSA) is 118 Å². The molecule has 9 nitrogen and oxygen atoms in total. The van der Waals surface area contributed by atoms with Crippen molar-refractivity contribution in [1.29, 1.82) is 5.26 Å². The Hall–Kier alpha value is -2.97. The second kappa shape index (κ2) is 12.5. The van der Waals surface area contributed by atoms with Gasteiger partial charge in [0.05, 0.1) is 34.9 Å². The third-order valence-electron chi connectivity index (χ3n) is 5.69. The van der Waals surface area contributed by atoms with Crippen LogP contribution in [0.3, 0.4) is 0 Å². The maximum atomic E-state index is 12.7. The molecule has 0 aliphatic heterocycles. The van der Waals surface area contributed by atoms with E-state index in [1.165, 1.54) is 0 Å². The van der Waals surface area contributed by atoms with Crippen molar-refractivity contribution < 1.29 is 14.6 Å². The smallest absolute Gasteiger partial charge is 0.226 e. The lowest BCUT2D eigenvalue weighted by Gasteiger charge is -2.16. The number of carbonyl (C=O) groups excluding carboxylic acids is 1. The normalized spacial score (nSPS) is 13.2. The average molecular weight is 543 g/mol. The number of benzene rings is 1. The van der Waals surface area contributed by atoms with E-state index in [0.717, 1.165) is 17.3 Å². The Labute approximate surface area is 224 Å². The number of aromatic nitrogens is 4. The van der Waals surface area contributed by atoms with E-state index in [-0.39, 0.29) is 18.4 Å². The molecule has 2 heterocycles. The first kappa shape index (κ1) is 28.6. The van der Waals surface area contributed by atoms with E-state index in [2.05, 4.69) is 35.0 Å². The molecule has 1 unspecified atom stereocenters. The third kappa shape index (κ3) is 8.54. The van der Waals surface area contributed by atoms with Crippen molar-refractivity contribution in [2.45, 2.75) is 71.4 Å². The van der Waals surface area contributed by atoms with Gasteiger partial charge in [0.2, 0.25) is 5.91 Å². The molecule has 0 aliphatic rings. The molecule has 0 bridgehead atoms. The molecular weight excluding hydrogens is 508 g/mol. The number of nitrogens with zero attached hydrogens (tertiary/aromatic N) is 5. The average Bonchev–Trinajstić information content (AvgIpc) is 3.43. The highest BCUT2D eigenvalue weighted by Gasteiger charge is 2.17. The minimum Gasteiger partial charge on any atom is -0.385 e. The second-order valence-corrected chi connectivity index (χ2v) is 16.5. The highest BCUT2D eigenvalue weighted by Crippen LogP contribution is 2.24. The van der Waals surface area contributed by atoms with Crippen molar-refractivity contribution in [3.63, 3.8) is 0 Å². The molecular formula is C26H35ClN6O3Si. The Bertz CT molecular complexity index is 1260. The molecule has 2 atom stereocenters. The predicted octanol–water partition coefficient (Wildman–Crippen LogP) is 4.38. The molecule has 0 radical (unpaired) electrons. The number of nitrogens with one attached hydrogen (secondary N) is 1. The number of rotatable bonds is 12. The van der Waals surface area contributed by atoms with Crippen LogP contribution >= 0.6 is 11.6 Å². The first-order valence-corrected chi connectivity index (χ1v) is 16.4. The van der Waals surface area contributed by atoms with E-state index in [0.29, 0.717) is 42.0 Å². The number of hydrogen-bond acceptors (Lipinski definition) is 6. The van der Waals surface area contributed by atoms with E-state index in [1.807, 2.05) is 25.3 Å². The van der Waals surface area contributed by atoms with Crippen LogP contribution in [0, 0.1) is 11.3 Å². The summed E-state index contributed by atoms with van der Waals surface area (Å²) in [7, 11) is -1.19. The summed E-state index contributed by atoms with van der Waals surface area (Å²) in [5, 5.41) is 27.1. The van der Waals surface area contributed by atoms with Gasteiger partial charge in [-0.1, -0.05) is 37.3 Å². The zero-order chi connectivity index (χ0) is 27.2. The minimum atomic E-state index is -1.19. The summed E-state index contributed by atoms with van der Waals surface area (Å²) in [5.74, 6) is 0.316. The van der Waals surface area contributed by atoms with Crippen molar-refractivity contribution in [2.24, 2.45) is 0 Å². The lowest BCUT2D eigenvalue weighted by atomic mass is 10.1. The molecule has 1 aromatic carbocycles. The maximum absolute atomic E-state index is 12.7. The monoisotopic (exact) mass is 542 g/mol. The van der Waals surface area contributed by atoms with Gasteiger partial charge in [-0.3, -0.25) is 9.48 Å². The molecule has 0 saturated carbocycles. The zero-order valence-electron chi connectivity index (χ0n) is 22.0. The van der Waals surface area contributed by atoms with Gasteiger partial charge in [-0.2, -0.15) is 10.4 Å². The molecule has 0 fully saturated rings. The van der Waals surface area contributed by atoms with Crippen molar-refractivity contribution in [3.8, 4) is 17.3 Å². The van der Waals surface area contributed by atoms with E-state index in [1.54, 1.807) is 40.6 Å². The van der Waals surface area contributed by atoms with Crippen LogP contribution in [-0.4, -0.2) is 51.1 Å². The van der Waals surface area contributed by atoms with Crippen LogP contribution < -0.4 is 5.32 Å². The summed E-state index contributed by atoms with van der Waals surface area (Å²) in [6.45, 7) is 11.9. The molecule has 3 aromatic rings. The first-order chi connectivity index (χ1) is 17.4. The highest BCUT2D eigenvalue weighted by atomic mass is 35.5. The third-order valence-corrected chi connectivity index (χ3v) is 7.71. The molecule has 1 amide bonds. The summed E-state index contributed by atoms with van der Waals surface area (Å²) in [4.78, 5) is 17.1. The number of carbonyl (C=O) groups is 1. The Morgan fingerprint density at radius 3 is 2.70 bits per heavy atom. The fourth-order valence-electron chi connectivity index (χ4n) is 3.75. The second-order valence-electron chi connectivity index (χ2n) is 10.5. The van der Waals surface area contributed by atoms with E-state index >= 15 is 0 Å². The fourth-order valence-corrected chi connectivity index (χ4v) is 4.73. The van der Waals surface area contributed by atoms with Crippen molar-refractivity contribution in [1.82, 2.24) is 24.6 Å². The molecule has 2 aromatic heterocycles. The number of halogens is 1. The molecule has 11 heteroatoms. The Morgan fingerprint density at radius 1 is 1.30 bits per heavy atom. The lowest BCUT2D eigenvalue weighted by Crippen LogP contribution is -2.36. The van der Waals surface area contributed by atoms with Crippen LogP contribution in [0.25, 0.3) is 11.3 Å². The standard InChI is InChI=1S/C26H35ClN6O3Si/c1-18(15-33-9-8-24(31-33)20-6-7-21(14-28)23(27)12-20)29-25(35)13-22-16-32(26(30-22)19(2)34)17-36-10-11-37(3,4)5/h6-9,12,16,18-19,34H,10-11,13,15,17H2,1-5H3,(H,29,35)/t18-,19?/m0/s1. The Kier molecular flexibility index (Phi) is 9.67. The summed E-state index contributed by atoms with van der Waals surface area (Å²) in [6.07, 6.45) is 2.93. The molecule has 2 N–H and O–H groups in total. The molecule has 0 aliphatic carbocycles. The van der Waals surface area contributed by atoms with Crippen LogP contribution in [-0.2, 0) is 29.2 Å². The maximum Gasteiger partial charge on any atom is 0.226 e. The van der Waals surface area contributed by atoms with Crippen molar-refractivity contribution >= 4 is 25.6 Å². The van der Waals surface area contributed by atoms with Crippen LogP contribution in [0.4, 0.5) is 0 Å². The zero-order valence-corrected chi connectivity index (χ0v) is 23.8. The number of ether oxygens (including phenoxy) is 1. The summed E-state index contributed by atoms with van der Waals surface area (Å²) < 4.78 is 9.32. The van der Waals surface area contributed by atoms with Crippen LogP contribution in [0.1, 0.15) is 37.0 Å². The van der Waals surface area contributed by atoms with Gasteiger partial charge in [0.1, 0.15) is 24.7 Å². The van der Waals surface area contributed by atoms with Gasteiger partial charge in [-0.15, -0.1) is 0 Å². The number of imidazole rings is 1. The number of aliphatic hydroxyl groups is 1. The number of amides is 1. The highest BCUT2D eigenvalue weighted by molar-refractivity contribution is 6.76. The molecule has 37 heavy (non-hydrogen) atoms. The Morgan fingerprint density at radius 2 is 2.05 bits per heavy atom. The summed E-state index contributed by atoms with van der Waals surface area (Å²) in [6, 6.07) is 9.98. The van der Waals surface area contributed by atoms with E-state index < -0.39 is 14.2 Å². The van der Waals surface area contributed by atoms with Gasteiger partial charge in [0.15, 0.2) is 0 Å². The van der Waals surface area contributed by atoms with Gasteiger partial charge in [0, 0.05) is 38.7 Å². The summed E-state index contributed by atoms with van der Waals surface area (Å²) >= 11 is 6.14. The van der Waals surface area contributed by atoms with Crippen molar-refractivity contribution in [2.75, 3.05) is 6.61 Å². The largest absolute Gasteiger partial charge is 0.385 e. The number of aliphatic hydroxyl groups excluding tert-OH is 1. The molecule has 3 rings (SSSR count). The SMILES string of the molecule is CC(O)c1nc(CC(=O)N[C@@H](C)Cn2ccc(-c3ccc(C#N)c(Cl)c3)n2)cn1COCC[Si](C)(C)C. The van der Waals surface area contributed by atoms with Crippen LogP contribution in [0.15, 0.2) is 36.7 Å². The lowest BCUT2D eigenvalue weighted by molar-refractivity contribution is -0.121. The Balaban J connectivity index is 1.54. The van der Waals surface area contributed by atoms with Gasteiger partial charge < -0.3 is 19.7 Å². The predicted molar refractivity (Wildman–Crippen MR) is 146 cm³/mol. The van der Waals surface area contributed by atoms with Gasteiger partial charge in [-0.25, -0.2) is 4.98 Å². The fraction of sp³-hybridized carbons (Fsp3) is 0.462. The first-order valence-electron chi connectivity index (χ1n) is 12.3. The quantitative estimate of drug-likeness (QED) is 0.259. The van der Waals surface area contributed by atoms with Crippen LogP contribution in [0.5, 0.6) is 0 Å². The number of nitriles is 1. The molecule has 0 saturated heterocycles.